The van der Waals surface area contributed by atoms with Crippen LogP contribution < -0.4 is 5.32 Å². The van der Waals surface area contributed by atoms with Gasteiger partial charge in [0.2, 0.25) is 0 Å². The Kier molecular flexibility index (Phi) is 4.18. The minimum Gasteiger partial charge on any atom is -0.378 e. The summed E-state index contributed by atoms with van der Waals surface area (Å²) in [4.78, 5) is 8.15. The summed E-state index contributed by atoms with van der Waals surface area (Å²) in [5, 5.41) is 3.69. The summed E-state index contributed by atoms with van der Waals surface area (Å²) < 4.78 is 5.74. The van der Waals surface area contributed by atoms with Crippen LogP contribution in [0.15, 0.2) is 12.4 Å². The second-order valence-corrected chi connectivity index (χ2v) is 5.12. The van der Waals surface area contributed by atoms with Gasteiger partial charge in [0, 0.05) is 19.1 Å². The maximum Gasteiger partial charge on any atom is 0.149 e. The number of hydrogen-bond acceptors (Lipinski definition) is 4. The van der Waals surface area contributed by atoms with Gasteiger partial charge >= 0.3 is 0 Å². The lowest BCUT2D eigenvalue weighted by Gasteiger charge is -2.22. The first-order valence-electron chi connectivity index (χ1n) is 6.00. The Balaban J connectivity index is 1.89. The molecule has 0 spiro atoms. The third kappa shape index (κ3) is 3.30. The Morgan fingerprint density at radius 2 is 2.35 bits per heavy atom. The van der Waals surface area contributed by atoms with Crippen molar-refractivity contribution in [2.24, 2.45) is 11.8 Å². The van der Waals surface area contributed by atoms with E-state index in [9.17, 15) is 0 Å². The molecule has 1 N–H and O–H groups in total. The number of rotatable bonds is 4. The zero-order chi connectivity index (χ0) is 12.3. The average Bonchev–Trinajstić information content (AvgIpc) is 2.74. The molecule has 2 heterocycles. The maximum atomic E-state index is 5.78. The molecule has 2 atom stereocenters. The van der Waals surface area contributed by atoms with Crippen molar-refractivity contribution in [3.63, 3.8) is 0 Å². The molecule has 0 saturated carbocycles. The van der Waals surface area contributed by atoms with Crippen molar-refractivity contribution in [2.75, 3.05) is 18.5 Å². The fourth-order valence-corrected chi connectivity index (χ4v) is 2.42. The molecule has 1 aliphatic heterocycles. The Morgan fingerprint density at radius 3 is 3.06 bits per heavy atom. The van der Waals surface area contributed by atoms with Crippen LogP contribution in [0.4, 0.5) is 5.82 Å². The van der Waals surface area contributed by atoms with Gasteiger partial charge in [0.25, 0.3) is 0 Å². The van der Waals surface area contributed by atoms with Crippen LogP contribution in [0, 0.1) is 11.8 Å². The van der Waals surface area contributed by atoms with Gasteiger partial charge in [-0.2, -0.15) is 0 Å². The van der Waals surface area contributed by atoms with Gasteiger partial charge in [-0.1, -0.05) is 25.4 Å². The minimum absolute atomic E-state index is 0.342. The Bertz CT molecular complexity index is 373. The molecule has 5 heteroatoms. The predicted octanol–water partition coefficient (Wildman–Crippen LogP) is 2.60. The second kappa shape index (κ2) is 5.65. The number of nitrogens with one attached hydrogen (secondary N) is 1. The van der Waals surface area contributed by atoms with Gasteiger partial charge in [0.1, 0.15) is 11.0 Å². The molecule has 0 aromatic carbocycles. The Hall–Kier alpha value is -0.870. The topological polar surface area (TPSA) is 47.0 Å². The first-order valence-corrected chi connectivity index (χ1v) is 6.37. The maximum absolute atomic E-state index is 5.78. The van der Waals surface area contributed by atoms with Crippen molar-refractivity contribution in [3.05, 3.63) is 17.5 Å². The van der Waals surface area contributed by atoms with Crippen LogP contribution in [0.25, 0.3) is 0 Å². The summed E-state index contributed by atoms with van der Waals surface area (Å²) >= 11 is 5.78. The van der Waals surface area contributed by atoms with E-state index in [4.69, 9.17) is 16.3 Å². The van der Waals surface area contributed by atoms with Crippen molar-refractivity contribution < 1.29 is 4.74 Å². The first-order chi connectivity index (χ1) is 8.16. The third-order valence-electron chi connectivity index (χ3n) is 3.07. The van der Waals surface area contributed by atoms with Crippen LogP contribution in [0.2, 0.25) is 5.15 Å². The molecule has 0 radical (unpaired) electrons. The molecular formula is C12H18ClN3O. The van der Waals surface area contributed by atoms with Gasteiger partial charge in [-0.25, -0.2) is 4.98 Å². The number of nitrogens with zero attached hydrogens (tertiary/aromatic N) is 2. The molecule has 17 heavy (non-hydrogen) atoms. The highest BCUT2D eigenvalue weighted by atomic mass is 35.5. The van der Waals surface area contributed by atoms with Gasteiger partial charge in [0.05, 0.1) is 18.5 Å². The van der Waals surface area contributed by atoms with E-state index in [1.54, 1.807) is 6.20 Å². The normalized spacial score (nSPS) is 24.2. The van der Waals surface area contributed by atoms with Crippen molar-refractivity contribution in [3.8, 4) is 0 Å². The number of aromatic nitrogens is 2. The molecule has 1 aliphatic rings. The van der Waals surface area contributed by atoms with E-state index in [1.807, 2.05) is 0 Å². The highest BCUT2D eigenvalue weighted by molar-refractivity contribution is 6.29. The van der Waals surface area contributed by atoms with Crippen LogP contribution in [-0.4, -0.2) is 29.2 Å². The molecule has 1 aromatic heterocycles. The van der Waals surface area contributed by atoms with Crippen LogP contribution in [0.5, 0.6) is 0 Å². The van der Waals surface area contributed by atoms with Crippen molar-refractivity contribution in [1.82, 2.24) is 9.97 Å². The van der Waals surface area contributed by atoms with E-state index >= 15 is 0 Å². The summed E-state index contributed by atoms with van der Waals surface area (Å²) in [6.07, 6.45) is 4.66. The number of halogens is 1. The SMILES string of the molecule is CC(C)[C@@H]1OCC[C@@H]1CNc1cncc(Cl)n1. The molecule has 4 nitrogen and oxygen atoms in total. The largest absolute Gasteiger partial charge is 0.378 e. The molecular weight excluding hydrogens is 238 g/mol. The molecule has 0 unspecified atom stereocenters. The number of ether oxygens (including phenoxy) is 1. The summed E-state index contributed by atoms with van der Waals surface area (Å²) in [6, 6.07) is 0. The lowest BCUT2D eigenvalue weighted by atomic mass is 9.93. The predicted molar refractivity (Wildman–Crippen MR) is 68.2 cm³/mol. The Labute approximate surface area is 107 Å². The monoisotopic (exact) mass is 255 g/mol. The standard InChI is InChI=1S/C12H18ClN3O/c1-8(2)12-9(3-4-17-12)5-15-11-7-14-6-10(13)16-11/h6-9,12H,3-5H2,1-2H3,(H,15,16)/t9-,12+/m1/s1. The van der Waals surface area contributed by atoms with Crippen molar-refractivity contribution in [1.29, 1.82) is 0 Å². The summed E-state index contributed by atoms with van der Waals surface area (Å²) in [7, 11) is 0. The van der Waals surface area contributed by atoms with Gasteiger partial charge in [-0.05, 0) is 12.3 Å². The van der Waals surface area contributed by atoms with Crippen LogP contribution in [0.1, 0.15) is 20.3 Å². The van der Waals surface area contributed by atoms with E-state index in [-0.39, 0.29) is 0 Å². The van der Waals surface area contributed by atoms with Gasteiger partial charge in [-0.3, -0.25) is 4.98 Å². The summed E-state index contributed by atoms with van der Waals surface area (Å²) in [5.41, 5.74) is 0. The molecule has 1 fully saturated rings. The molecule has 0 aliphatic carbocycles. The van der Waals surface area contributed by atoms with Crippen LogP contribution >= 0.6 is 11.6 Å². The Morgan fingerprint density at radius 1 is 1.53 bits per heavy atom. The molecule has 2 rings (SSSR count). The van der Waals surface area contributed by atoms with E-state index in [0.29, 0.717) is 23.1 Å². The van der Waals surface area contributed by atoms with Crippen LogP contribution in [-0.2, 0) is 4.74 Å². The molecule has 1 aromatic rings. The van der Waals surface area contributed by atoms with Gasteiger partial charge in [-0.15, -0.1) is 0 Å². The second-order valence-electron chi connectivity index (χ2n) is 4.74. The summed E-state index contributed by atoms with van der Waals surface area (Å²) in [6.45, 7) is 6.11. The molecule has 0 amide bonds. The number of anilines is 1. The van der Waals surface area contributed by atoms with E-state index in [0.717, 1.165) is 25.4 Å². The molecule has 0 bridgehead atoms. The smallest absolute Gasteiger partial charge is 0.149 e. The fourth-order valence-electron chi connectivity index (χ4n) is 2.27. The van der Waals surface area contributed by atoms with Gasteiger partial charge < -0.3 is 10.1 Å². The minimum atomic E-state index is 0.342. The van der Waals surface area contributed by atoms with E-state index in [1.165, 1.54) is 6.20 Å². The quantitative estimate of drug-likeness (QED) is 0.899. The first kappa shape index (κ1) is 12.6. The average molecular weight is 256 g/mol. The van der Waals surface area contributed by atoms with Crippen molar-refractivity contribution in [2.45, 2.75) is 26.4 Å². The van der Waals surface area contributed by atoms with E-state index < -0.39 is 0 Å². The lowest BCUT2D eigenvalue weighted by Crippen LogP contribution is -2.28. The fraction of sp³-hybridized carbons (Fsp3) is 0.667. The third-order valence-corrected chi connectivity index (χ3v) is 3.25. The van der Waals surface area contributed by atoms with Crippen LogP contribution in [0.3, 0.4) is 0 Å². The highest BCUT2D eigenvalue weighted by Crippen LogP contribution is 2.26. The molecule has 1 saturated heterocycles. The van der Waals surface area contributed by atoms with Crippen molar-refractivity contribution >= 4 is 17.4 Å². The van der Waals surface area contributed by atoms with E-state index in [2.05, 4.69) is 29.1 Å². The van der Waals surface area contributed by atoms with Gasteiger partial charge in [0.15, 0.2) is 0 Å². The lowest BCUT2D eigenvalue weighted by molar-refractivity contribution is 0.0566. The zero-order valence-corrected chi connectivity index (χ0v) is 10.9. The molecule has 94 valence electrons. The summed E-state index contributed by atoms with van der Waals surface area (Å²) in [5.74, 6) is 1.82. The number of hydrogen-bond donors (Lipinski definition) is 1. The highest BCUT2D eigenvalue weighted by Gasteiger charge is 2.30. The zero-order valence-electron chi connectivity index (χ0n) is 10.2.